The zero-order valence-corrected chi connectivity index (χ0v) is 20.6. The second-order valence-electron chi connectivity index (χ2n) is 9.56. The lowest BCUT2D eigenvalue weighted by Crippen LogP contribution is -2.31. The second kappa shape index (κ2) is 9.28. The van der Waals surface area contributed by atoms with Crippen molar-refractivity contribution in [2.24, 2.45) is 23.7 Å². The van der Waals surface area contributed by atoms with E-state index in [1.165, 1.54) is 15.9 Å². The van der Waals surface area contributed by atoms with E-state index in [4.69, 9.17) is 27.9 Å². The molecule has 3 amide bonds. The summed E-state index contributed by atoms with van der Waals surface area (Å²) in [6.07, 6.45) is 2.34. The first-order chi connectivity index (χ1) is 16.7. The van der Waals surface area contributed by atoms with Crippen LogP contribution < -0.4 is 14.5 Å². The number of amides is 3. The number of nitrogens with zero attached hydrogens (tertiary/aromatic N) is 2. The van der Waals surface area contributed by atoms with Crippen LogP contribution in [0.5, 0.6) is 5.75 Å². The number of esters is 1. The molecule has 2 saturated heterocycles. The maximum absolute atomic E-state index is 13.0. The molecule has 0 spiro atoms. The average Bonchev–Trinajstić information content (AvgIpc) is 3.33. The fourth-order valence-electron chi connectivity index (χ4n) is 5.32. The van der Waals surface area contributed by atoms with Crippen molar-refractivity contribution in [3.63, 3.8) is 0 Å². The van der Waals surface area contributed by atoms with Crippen LogP contribution in [0.25, 0.3) is 0 Å². The van der Waals surface area contributed by atoms with Crippen LogP contribution in [0, 0.1) is 23.7 Å². The molecule has 2 aliphatic heterocycles. The molecule has 182 valence electrons. The minimum atomic E-state index is -0.694. The molecule has 35 heavy (non-hydrogen) atoms. The lowest BCUT2D eigenvalue weighted by atomic mass is 9.76. The van der Waals surface area contributed by atoms with E-state index < -0.39 is 11.9 Å². The molecule has 0 bridgehead atoms. The minimum Gasteiger partial charge on any atom is -0.426 e. The van der Waals surface area contributed by atoms with Crippen LogP contribution in [0.1, 0.15) is 32.6 Å². The first kappa shape index (κ1) is 23.8. The SMILES string of the molecule is C[C@@H]1CC[C@@H]2C(=O)N(c3cccc(OC(=O)[C@@H]4CC(=O)N(c5cc(Cl)ccc5Cl)C4)c3)C(=O)[C@H]2C1. The Labute approximate surface area is 212 Å². The van der Waals surface area contributed by atoms with Gasteiger partial charge in [-0.3, -0.25) is 19.2 Å². The highest BCUT2D eigenvalue weighted by molar-refractivity contribution is 6.36. The third-order valence-electron chi connectivity index (χ3n) is 7.14. The highest BCUT2D eigenvalue weighted by atomic mass is 35.5. The summed E-state index contributed by atoms with van der Waals surface area (Å²) < 4.78 is 5.57. The molecule has 5 rings (SSSR count). The molecule has 4 atom stereocenters. The van der Waals surface area contributed by atoms with Gasteiger partial charge in [0.05, 0.1) is 34.2 Å². The van der Waals surface area contributed by atoms with Crippen molar-refractivity contribution in [3.8, 4) is 5.75 Å². The predicted octanol–water partition coefficient (Wildman–Crippen LogP) is 4.88. The topological polar surface area (TPSA) is 84.0 Å². The maximum atomic E-state index is 13.0. The summed E-state index contributed by atoms with van der Waals surface area (Å²) in [6.45, 7) is 2.22. The van der Waals surface area contributed by atoms with E-state index in [9.17, 15) is 19.2 Å². The van der Waals surface area contributed by atoms with E-state index in [2.05, 4.69) is 6.92 Å². The van der Waals surface area contributed by atoms with Gasteiger partial charge in [-0.25, -0.2) is 4.90 Å². The second-order valence-corrected chi connectivity index (χ2v) is 10.4. The van der Waals surface area contributed by atoms with Gasteiger partial charge in [0.15, 0.2) is 0 Å². The highest BCUT2D eigenvalue weighted by Crippen LogP contribution is 2.42. The van der Waals surface area contributed by atoms with Crippen LogP contribution >= 0.6 is 23.2 Å². The van der Waals surface area contributed by atoms with Gasteiger partial charge in [0.1, 0.15) is 5.75 Å². The van der Waals surface area contributed by atoms with Crippen molar-refractivity contribution in [1.29, 1.82) is 0 Å². The Morgan fingerprint density at radius 2 is 1.77 bits per heavy atom. The standard InChI is InChI=1S/C26H24Cl2N2O5/c1-14-5-7-19-20(9-14)25(33)30(24(19)32)17-3-2-4-18(12-17)35-26(34)15-10-23(31)29(13-15)22-11-16(27)6-8-21(22)28/h2-4,6,8,11-12,14-15,19-20H,5,7,9-10,13H2,1H3/t14-,15-,19+,20+/m1/s1. The predicted molar refractivity (Wildman–Crippen MR) is 131 cm³/mol. The number of ether oxygens (including phenoxy) is 1. The fourth-order valence-corrected chi connectivity index (χ4v) is 5.71. The van der Waals surface area contributed by atoms with E-state index >= 15 is 0 Å². The Morgan fingerprint density at radius 1 is 1.00 bits per heavy atom. The van der Waals surface area contributed by atoms with Crippen LogP contribution in [-0.4, -0.2) is 30.2 Å². The summed E-state index contributed by atoms with van der Waals surface area (Å²) in [6, 6.07) is 11.2. The Bertz CT molecular complexity index is 1230. The highest BCUT2D eigenvalue weighted by Gasteiger charge is 2.50. The van der Waals surface area contributed by atoms with Crippen molar-refractivity contribution < 1.29 is 23.9 Å². The molecule has 2 heterocycles. The average molecular weight is 515 g/mol. The Kier molecular flexibility index (Phi) is 6.32. The first-order valence-corrected chi connectivity index (χ1v) is 12.4. The van der Waals surface area contributed by atoms with Gasteiger partial charge in [-0.2, -0.15) is 0 Å². The van der Waals surface area contributed by atoms with Gasteiger partial charge in [-0.15, -0.1) is 0 Å². The lowest BCUT2D eigenvalue weighted by molar-refractivity contribution is -0.139. The van der Waals surface area contributed by atoms with Crippen molar-refractivity contribution in [3.05, 3.63) is 52.5 Å². The van der Waals surface area contributed by atoms with Gasteiger partial charge < -0.3 is 9.64 Å². The van der Waals surface area contributed by atoms with Gasteiger partial charge >= 0.3 is 5.97 Å². The Hall–Kier alpha value is -2.90. The molecule has 1 aliphatic carbocycles. The Balaban J connectivity index is 1.30. The molecular formula is C26H24Cl2N2O5. The number of hydrogen-bond donors (Lipinski definition) is 0. The molecule has 3 aliphatic rings. The number of imide groups is 1. The maximum Gasteiger partial charge on any atom is 0.316 e. The van der Waals surface area contributed by atoms with Crippen molar-refractivity contribution in [1.82, 2.24) is 0 Å². The van der Waals surface area contributed by atoms with Gasteiger partial charge in [-0.1, -0.05) is 36.2 Å². The smallest absolute Gasteiger partial charge is 0.316 e. The molecule has 0 N–H and O–H groups in total. The molecule has 3 fully saturated rings. The number of anilines is 2. The summed E-state index contributed by atoms with van der Waals surface area (Å²) in [4.78, 5) is 54.2. The van der Waals surface area contributed by atoms with Crippen LogP contribution in [-0.2, 0) is 19.2 Å². The van der Waals surface area contributed by atoms with Gasteiger partial charge in [-0.05, 0) is 55.5 Å². The third-order valence-corrected chi connectivity index (χ3v) is 7.69. The molecule has 0 unspecified atom stereocenters. The largest absolute Gasteiger partial charge is 0.426 e. The number of hydrogen-bond acceptors (Lipinski definition) is 5. The van der Waals surface area contributed by atoms with Gasteiger partial charge in [0.25, 0.3) is 0 Å². The molecule has 7 nitrogen and oxygen atoms in total. The number of halogens is 2. The van der Waals surface area contributed by atoms with Crippen LogP contribution in [0.15, 0.2) is 42.5 Å². The Morgan fingerprint density at radius 3 is 2.57 bits per heavy atom. The summed E-state index contributed by atoms with van der Waals surface area (Å²) in [5, 5.41) is 0.791. The lowest BCUT2D eigenvalue weighted by Gasteiger charge is -2.25. The molecule has 9 heteroatoms. The molecule has 1 saturated carbocycles. The summed E-state index contributed by atoms with van der Waals surface area (Å²) in [5.41, 5.74) is 0.838. The number of fused-ring (bicyclic) bond motifs is 1. The third kappa shape index (κ3) is 4.43. The molecule has 2 aromatic rings. The normalized spacial score (nSPS) is 26.3. The van der Waals surface area contributed by atoms with E-state index in [1.807, 2.05) is 0 Å². The quantitative estimate of drug-likeness (QED) is 0.330. The van der Waals surface area contributed by atoms with Gasteiger partial charge in [0.2, 0.25) is 17.7 Å². The van der Waals surface area contributed by atoms with E-state index in [0.717, 1.165) is 6.42 Å². The minimum absolute atomic E-state index is 0.0218. The zero-order chi connectivity index (χ0) is 24.9. The fraction of sp³-hybridized carbons (Fsp3) is 0.385. The monoisotopic (exact) mass is 514 g/mol. The zero-order valence-electron chi connectivity index (χ0n) is 19.1. The summed E-state index contributed by atoms with van der Waals surface area (Å²) >= 11 is 12.3. The molecule has 0 radical (unpaired) electrons. The van der Waals surface area contributed by atoms with Crippen molar-refractivity contribution in [2.75, 3.05) is 16.3 Å². The van der Waals surface area contributed by atoms with Crippen molar-refractivity contribution >= 4 is 58.3 Å². The summed E-state index contributed by atoms with van der Waals surface area (Å²) in [5.74, 6) is -1.84. The van der Waals surface area contributed by atoms with Crippen molar-refractivity contribution in [2.45, 2.75) is 32.6 Å². The van der Waals surface area contributed by atoms with E-state index in [1.54, 1.807) is 36.4 Å². The van der Waals surface area contributed by atoms with E-state index in [-0.39, 0.29) is 48.3 Å². The molecule has 2 aromatic carbocycles. The number of benzene rings is 2. The number of carbonyl (C=O) groups excluding carboxylic acids is 4. The molecule has 0 aromatic heterocycles. The van der Waals surface area contributed by atoms with Crippen LogP contribution in [0.3, 0.4) is 0 Å². The van der Waals surface area contributed by atoms with Gasteiger partial charge in [0, 0.05) is 24.1 Å². The van der Waals surface area contributed by atoms with Crippen LogP contribution in [0.4, 0.5) is 11.4 Å². The molecular weight excluding hydrogens is 491 g/mol. The summed E-state index contributed by atoms with van der Waals surface area (Å²) in [7, 11) is 0. The number of rotatable bonds is 4. The van der Waals surface area contributed by atoms with E-state index in [0.29, 0.717) is 40.2 Å². The number of carbonyl (C=O) groups is 4. The van der Waals surface area contributed by atoms with Crippen LogP contribution in [0.2, 0.25) is 10.0 Å². The first-order valence-electron chi connectivity index (χ1n) is 11.7.